The molecular weight excluding hydrogens is 188 g/mol. The summed E-state index contributed by atoms with van der Waals surface area (Å²) in [6.45, 7) is 6.43. The van der Waals surface area contributed by atoms with Gasteiger partial charge < -0.3 is 9.90 Å². The highest BCUT2D eigenvalue weighted by molar-refractivity contribution is 7.82. The summed E-state index contributed by atoms with van der Waals surface area (Å²) in [5.74, 6) is -1.02. The first kappa shape index (κ1) is 12.5. The third kappa shape index (κ3) is 2.72. The minimum atomic E-state index is -1.18. The van der Waals surface area contributed by atoms with Crippen LogP contribution < -0.4 is 0 Å². The molecule has 0 saturated carbocycles. The smallest absolute Gasteiger partial charge is 0.319 e. The molecule has 76 valence electrons. The van der Waals surface area contributed by atoms with Crippen molar-refractivity contribution in [1.82, 2.24) is 0 Å². The normalized spacial score (nSPS) is 16.4. The molecule has 0 radical (unpaired) electrons. The second-order valence-corrected chi connectivity index (χ2v) is 5.03. The first-order valence-electron chi connectivity index (χ1n) is 4.06. The van der Waals surface area contributed by atoms with Crippen LogP contribution in [0.2, 0.25) is 0 Å². The second-order valence-electron chi connectivity index (χ2n) is 4.14. The van der Waals surface area contributed by atoms with Crippen molar-refractivity contribution in [2.75, 3.05) is 0 Å². The van der Waals surface area contributed by atoms with Crippen LogP contribution in [0.1, 0.15) is 34.1 Å². The van der Waals surface area contributed by atoms with E-state index >= 15 is 0 Å². The van der Waals surface area contributed by atoms with Crippen molar-refractivity contribution in [3.63, 3.8) is 0 Å². The lowest BCUT2D eigenvalue weighted by atomic mass is 9.75. The van der Waals surface area contributed by atoms with E-state index in [4.69, 9.17) is 5.11 Å². The molecule has 0 heterocycles. The standard InChI is InChI=1S/C9H16O3S/c1-6(10)5-8(2,3)9(4,13)7(11)12/h13H,5H2,1-4H3,(H,11,12). The number of ketones is 1. The summed E-state index contributed by atoms with van der Waals surface area (Å²) >= 11 is 4.08. The maximum Gasteiger partial charge on any atom is 0.319 e. The molecule has 0 saturated heterocycles. The molecule has 0 bridgehead atoms. The predicted octanol–water partition coefficient (Wildman–Crippen LogP) is 1.76. The third-order valence-electron chi connectivity index (χ3n) is 2.43. The predicted molar refractivity (Wildman–Crippen MR) is 54.1 cm³/mol. The Morgan fingerprint density at radius 3 is 1.92 bits per heavy atom. The van der Waals surface area contributed by atoms with Gasteiger partial charge in [-0.05, 0) is 19.3 Å². The van der Waals surface area contributed by atoms with Gasteiger partial charge in [0.1, 0.15) is 10.5 Å². The van der Waals surface area contributed by atoms with Gasteiger partial charge in [0, 0.05) is 6.42 Å². The van der Waals surface area contributed by atoms with Crippen molar-refractivity contribution in [1.29, 1.82) is 0 Å². The van der Waals surface area contributed by atoms with E-state index in [9.17, 15) is 9.59 Å². The SMILES string of the molecule is CC(=O)CC(C)(C)C(C)(S)C(=O)O. The van der Waals surface area contributed by atoms with Gasteiger partial charge in [-0.25, -0.2) is 0 Å². The van der Waals surface area contributed by atoms with Crippen LogP contribution in [0, 0.1) is 5.41 Å². The van der Waals surface area contributed by atoms with Crippen LogP contribution in [-0.4, -0.2) is 21.6 Å². The van der Waals surface area contributed by atoms with E-state index in [-0.39, 0.29) is 12.2 Å². The monoisotopic (exact) mass is 204 g/mol. The van der Waals surface area contributed by atoms with Gasteiger partial charge in [0.25, 0.3) is 0 Å². The Bertz CT molecular complexity index is 231. The maximum atomic E-state index is 10.9. The van der Waals surface area contributed by atoms with E-state index in [1.165, 1.54) is 13.8 Å². The van der Waals surface area contributed by atoms with Crippen LogP contribution in [0.25, 0.3) is 0 Å². The molecule has 3 nitrogen and oxygen atoms in total. The van der Waals surface area contributed by atoms with Crippen molar-refractivity contribution < 1.29 is 14.7 Å². The Kier molecular flexibility index (Phi) is 3.55. The fraction of sp³-hybridized carbons (Fsp3) is 0.778. The van der Waals surface area contributed by atoms with Crippen molar-refractivity contribution in [2.45, 2.75) is 38.9 Å². The Balaban J connectivity index is 4.80. The zero-order valence-corrected chi connectivity index (χ0v) is 9.31. The van der Waals surface area contributed by atoms with E-state index in [0.717, 1.165) is 0 Å². The van der Waals surface area contributed by atoms with Crippen LogP contribution in [0.15, 0.2) is 0 Å². The van der Waals surface area contributed by atoms with Crippen molar-refractivity contribution in [3.05, 3.63) is 0 Å². The summed E-state index contributed by atoms with van der Waals surface area (Å²) in [7, 11) is 0. The molecule has 0 amide bonds. The second kappa shape index (κ2) is 3.70. The van der Waals surface area contributed by atoms with E-state index in [1.54, 1.807) is 13.8 Å². The Hall–Kier alpha value is -0.510. The lowest BCUT2D eigenvalue weighted by molar-refractivity contribution is -0.142. The van der Waals surface area contributed by atoms with Crippen LogP contribution in [0.3, 0.4) is 0 Å². The molecule has 1 atom stereocenters. The van der Waals surface area contributed by atoms with Crippen LogP contribution >= 0.6 is 12.6 Å². The molecule has 1 unspecified atom stereocenters. The van der Waals surface area contributed by atoms with Gasteiger partial charge in [0.2, 0.25) is 0 Å². The minimum Gasteiger partial charge on any atom is -0.480 e. The van der Waals surface area contributed by atoms with Crippen molar-refractivity contribution in [3.8, 4) is 0 Å². The van der Waals surface area contributed by atoms with Gasteiger partial charge in [-0.2, -0.15) is 12.6 Å². The molecule has 0 rings (SSSR count). The largest absolute Gasteiger partial charge is 0.480 e. The van der Waals surface area contributed by atoms with E-state index in [0.29, 0.717) is 0 Å². The molecule has 1 N–H and O–H groups in total. The average molecular weight is 204 g/mol. The lowest BCUT2D eigenvalue weighted by Crippen LogP contribution is -2.45. The van der Waals surface area contributed by atoms with E-state index in [2.05, 4.69) is 12.6 Å². The number of Topliss-reactive ketones (excluding diaryl/α,β-unsaturated/α-hetero) is 1. The Morgan fingerprint density at radius 2 is 1.69 bits per heavy atom. The number of carbonyl (C=O) groups excluding carboxylic acids is 1. The topological polar surface area (TPSA) is 54.4 Å². The number of thiol groups is 1. The summed E-state index contributed by atoms with van der Waals surface area (Å²) in [6.07, 6.45) is 0.222. The van der Waals surface area contributed by atoms with Gasteiger partial charge in [-0.1, -0.05) is 13.8 Å². The Labute approximate surface area is 83.9 Å². The molecule has 0 aromatic carbocycles. The summed E-state index contributed by atoms with van der Waals surface area (Å²) in [6, 6.07) is 0. The molecule has 13 heavy (non-hydrogen) atoms. The molecule has 0 fully saturated rings. The first-order valence-corrected chi connectivity index (χ1v) is 4.51. The van der Waals surface area contributed by atoms with E-state index in [1.807, 2.05) is 0 Å². The molecule has 0 aliphatic heterocycles. The highest BCUT2D eigenvalue weighted by Gasteiger charge is 2.44. The zero-order chi connectivity index (χ0) is 10.9. The molecule has 0 aromatic heterocycles. The van der Waals surface area contributed by atoms with Crippen molar-refractivity contribution in [2.24, 2.45) is 5.41 Å². The van der Waals surface area contributed by atoms with Crippen LogP contribution in [0.5, 0.6) is 0 Å². The summed E-state index contributed by atoms with van der Waals surface area (Å²) in [5, 5.41) is 8.90. The van der Waals surface area contributed by atoms with Gasteiger partial charge in [-0.15, -0.1) is 0 Å². The van der Waals surface area contributed by atoms with Crippen LogP contribution in [0.4, 0.5) is 0 Å². The molecule has 0 aliphatic rings. The maximum absolute atomic E-state index is 10.9. The van der Waals surface area contributed by atoms with Crippen LogP contribution in [-0.2, 0) is 9.59 Å². The number of hydrogen-bond donors (Lipinski definition) is 2. The molecule has 0 spiro atoms. The molecule has 4 heteroatoms. The van der Waals surface area contributed by atoms with Gasteiger partial charge in [-0.3, -0.25) is 4.79 Å². The summed E-state index contributed by atoms with van der Waals surface area (Å²) < 4.78 is -1.18. The lowest BCUT2D eigenvalue weighted by Gasteiger charge is -2.36. The average Bonchev–Trinajstić information content (AvgIpc) is 1.83. The molecular formula is C9H16O3S. The van der Waals surface area contributed by atoms with Gasteiger partial charge in [0.15, 0.2) is 0 Å². The highest BCUT2D eigenvalue weighted by Crippen LogP contribution is 2.39. The molecule has 0 aliphatic carbocycles. The number of aliphatic carboxylic acids is 1. The summed E-state index contributed by atoms with van der Waals surface area (Å²) in [5.41, 5.74) is -0.645. The number of hydrogen-bond acceptors (Lipinski definition) is 3. The first-order chi connectivity index (χ1) is 5.61. The fourth-order valence-electron chi connectivity index (χ4n) is 1.08. The van der Waals surface area contributed by atoms with Gasteiger partial charge in [0.05, 0.1) is 0 Å². The molecule has 0 aromatic rings. The quantitative estimate of drug-likeness (QED) is 0.686. The summed E-state index contributed by atoms with van der Waals surface area (Å²) in [4.78, 5) is 21.8. The Morgan fingerprint density at radius 1 is 1.31 bits per heavy atom. The minimum absolute atomic E-state index is 0.0217. The fourth-order valence-corrected chi connectivity index (χ4v) is 1.16. The highest BCUT2D eigenvalue weighted by atomic mass is 32.1. The number of carboxylic acid groups (broad SMARTS) is 1. The zero-order valence-electron chi connectivity index (χ0n) is 8.42. The third-order valence-corrected chi connectivity index (χ3v) is 3.22. The van der Waals surface area contributed by atoms with E-state index < -0.39 is 16.1 Å². The van der Waals surface area contributed by atoms with Crippen molar-refractivity contribution >= 4 is 24.4 Å². The number of carboxylic acids is 1. The van der Waals surface area contributed by atoms with Gasteiger partial charge >= 0.3 is 5.97 Å². The number of rotatable bonds is 4. The number of carbonyl (C=O) groups is 2.